The van der Waals surface area contributed by atoms with Crippen molar-refractivity contribution >= 4 is 21.6 Å². The van der Waals surface area contributed by atoms with Crippen LogP contribution < -0.4 is 14.8 Å². The summed E-state index contributed by atoms with van der Waals surface area (Å²) in [5, 5.41) is 3.40. The molecule has 3 nitrogen and oxygen atoms in total. The van der Waals surface area contributed by atoms with Crippen LogP contribution in [0, 0.1) is 0 Å². The summed E-state index contributed by atoms with van der Waals surface area (Å²) in [6.07, 6.45) is 1.11. The van der Waals surface area contributed by atoms with Crippen LogP contribution in [0.15, 0.2) is 46.9 Å². The number of nitrogens with one attached hydrogen (secondary N) is 1. The van der Waals surface area contributed by atoms with E-state index >= 15 is 0 Å². The van der Waals surface area contributed by atoms with E-state index in [1.165, 1.54) is 5.56 Å². The molecule has 0 spiro atoms. The van der Waals surface area contributed by atoms with Crippen molar-refractivity contribution < 1.29 is 9.47 Å². The lowest BCUT2D eigenvalue weighted by atomic mass is 10.1. The summed E-state index contributed by atoms with van der Waals surface area (Å²) in [7, 11) is 1.68. The number of methoxy groups -OCH3 is 1. The summed E-state index contributed by atoms with van der Waals surface area (Å²) in [6, 6.07) is 14.1. The second kappa shape index (κ2) is 5.75. The average molecular weight is 334 g/mol. The van der Waals surface area contributed by atoms with Gasteiger partial charge in [0.1, 0.15) is 17.6 Å². The Morgan fingerprint density at radius 1 is 1.30 bits per heavy atom. The molecule has 104 valence electrons. The SMILES string of the molecule is COc1ccc(Br)cc1NCC1Cc2ccccc2O1. The van der Waals surface area contributed by atoms with Gasteiger partial charge in [0.15, 0.2) is 0 Å². The standard InChI is InChI=1S/C16H16BrNO2/c1-19-16-7-6-12(17)9-14(16)18-10-13-8-11-4-2-3-5-15(11)20-13/h2-7,9,13,18H,8,10H2,1H3. The van der Waals surface area contributed by atoms with E-state index in [0.29, 0.717) is 0 Å². The third kappa shape index (κ3) is 2.75. The van der Waals surface area contributed by atoms with Crippen LogP contribution in [0.2, 0.25) is 0 Å². The van der Waals surface area contributed by atoms with E-state index in [0.717, 1.165) is 34.6 Å². The van der Waals surface area contributed by atoms with Crippen molar-refractivity contribution in [3.05, 3.63) is 52.5 Å². The molecule has 0 aliphatic carbocycles. The third-order valence-corrected chi connectivity index (χ3v) is 3.89. The van der Waals surface area contributed by atoms with Gasteiger partial charge >= 0.3 is 0 Å². The molecule has 1 aliphatic heterocycles. The van der Waals surface area contributed by atoms with Gasteiger partial charge in [0, 0.05) is 10.9 Å². The highest BCUT2D eigenvalue weighted by atomic mass is 79.9. The second-order valence-corrected chi connectivity index (χ2v) is 5.69. The number of anilines is 1. The Morgan fingerprint density at radius 2 is 2.15 bits per heavy atom. The number of rotatable bonds is 4. The van der Waals surface area contributed by atoms with Crippen LogP contribution >= 0.6 is 15.9 Å². The normalized spacial score (nSPS) is 16.4. The summed E-state index contributed by atoms with van der Waals surface area (Å²) in [5.41, 5.74) is 2.25. The minimum Gasteiger partial charge on any atom is -0.495 e. The van der Waals surface area contributed by atoms with Gasteiger partial charge in [-0.25, -0.2) is 0 Å². The molecule has 1 atom stereocenters. The predicted octanol–water partition coefficient (Wildman–Crippen LogP) is 3.87. The molecular formula is C16H16BrNO2. The van der Waals surface area contributed by atoms with E-state index in [4.69, 9.17) is 9.47 Å². The minimum absolute atomic E-state index is 0.163. The van der Waals surface area contributed by atoms with Crippen LogP contribution in [0.1, 0.15) is 5.56 Å². The van der Waals surface area contributed by atoms with Crippen molar-refractivity contribution in [3.63, 3.8) is 0 Å². The monoisotopic (exact) mass is 333 g/mol. The molecule has 0 fully saturated rings. The van der Waals surface area contributed by atoms with E-state index in [2.05, 4.69) is 33.4 Å². The maximum Gasteiger partial charge on any atom is 0.142 e. The highest BCUT2D eigenvalue weighted by Crippen LogP contribution is 2.30. The molecule has 4 heteroatoms. The number of hydrogen-bond donors (Lipinski definition) is 1. The number of para-hydroxylation sites is 1. The van der Waals surface area contributed by atoms with E-state index in [-0.39, 0.29) is 6.10 Å². The third-order valence-electron chi connectivity index (χ3n) is 3.40. The lowest BCUT2D eigenvalue weighted by Crippen LogP contribution is -2.24. The van der Waals surface area contributed by atoms with Gasteiger partial charge in [0.25, 0.3) is 0 Å². The first-order chi connectivity index (χ1) is 9.76. The first kappa shape index (κ1) is 13.3. The Hall–Kier alpha value is -1.68. The summed E-state index contributed by atoms with van der Waals surface area (Å²) in [5.74, 6) is 1.84. The highest BCUT2D eigenvalue weighted by molar-refractivity contribution is 9.10. The average Bonchev–Trinajstić information content (AvgIpc) is 2.88. The molecule has 3 rings (SSSR count). The van der Waals surface area contributed by atoms with E-state index in [1.807, 2.05) is 30.3 Å². The zero-order valence-corrected chi connectivity index (χ0v) is 12.8. The van der Waals surface area contributed by atoms with Gasteiger partial charge in [0.2, 0.25) is 0 Å². The number of fused-ring (bicyclic) bond motifs is 1. The lowest BCUT2D eigenvalue weighted by Gasteiger charge is -2.15. The first-order valence-corrected chi connectivity index (χ1v) is 7.37. The summed E-state index contributed by atoms with van der Waals surface area (Å²) >= 11 is 3.48. The van der Waals surface area contributed by atoms with Crippen LogP contribution in [0.4, 0.5) is 5.69 Å². The molecule has 1 aliphatic rings. The Bertz CT molecular complexity index is 590. The van der Waals surface area contributed by atoms with Gasteiger partial charge in [-0.15, -0.1) is 0 Å². The van der Waals surface area contributed by atoms with Crippen LogP contribution in [-0.4, -0.2) is 19.8 Å². The Kier molecular flexibility index (Phi) is 3.83. The van der Waals surface area contributed by atoms with Crippen molar-refractivity contribution in [1.82, 2.24) is 0 Å². The summed E-state index contributed by atoms with van der Waals surface area (Å²) in [4.78, 5) is 0. The Balaban J connectivity index is 1.65. The molecule has 1 unspecified atom stereocenters. The predicted molar refractivity (Wildman–Crippen MR) is 83.7 cm³/mol. The topological polar surface area (TPSA) is 30.5 Å². The summed E-state index contributed by atoms with van der Waals surface area (Å²) < 4.78 is 12.3. The maximum absolute atomic E-state index is 5.92. The fraction of sp³-hybridized carbons (Fsp3) is 0.250. The zero-order valence-electron chi connectivity index (χ0n) is 11.2. The molecule has 0 saturated carbocycles. The van der Waals surface area contributed by atoms with E-state index < -0.39 is 0 Å². The van der Waals surface area contributed by atoms with Crippen LogP contribution in [-0.2, 0) is 6.42 Å². The fourth-order valence-corrected chi connectivity index (χ4v) is 2.77. The fourth-order valence-electron chi connectivity index (χ4n) is 2.41. The Morgan fingerprint density at radius 3 is 2.95 bits per heavy atom. The number of ether oxygens (including phenoxy) is 2. The largest absolute Gasteiger partial charge is 0.495 e. The van der Waals surface area contributed by atoms with Gasteiger partial charge in [-0.1, -0.05) is 34.1 Å². The van der Waals surface area contributed by atoms with Crippen LogP contribution in [0.5, 0.6) is 11.5 Å². The smallest absolute Gasteiger partial charge is 0.142 e. The van der Waals surface area contributed by atoms with Crippen molar-refractivity contribution in [2.75, 3.05) is 19.0 Å². The molecule has 1 heterocycles. The maximum atomic E-state index is 5.92. The lowest BCUT2D eigenvalue weighted by molar-refractivity contribution is 0.246. The second-order valence-electron chi connectivity index (χ2n) is 4.78. The molecule has 0 amide bonds. The molecule has 2 aromatic carbocycles. The van der Waals surface area contributed by atoms with Crippen LogP contribution in [0.3, 0.4) is 0 Å². The van der Waals surface area contributed by atoms with Crippen molar-refractivity contribution in [2.45, 2.75) is 12.5 Å². The minimum atomic E-state index is 0.163. The summed E-state index contributed by atoms with van der Waals surface area (Å²) in [6.45, 7) is 0.751. The molecular weight excluding hydrogens is 318 g/mol. The van der Waals surface area contributed by atoms with Crippen LogP contribution in [0.25, 0.3) is 0 Å². The Labute approximate surface area is 127 Å². The van der Waals surface area contributed by atoms with Gasteiger partial charge in [-0.05, 0) is 29.8 Å². The van der Waals surface area contributed by atoms with Gasteiger partial charge < -0.3 is 14.8 Å². The molecule has 0 aromatic heterocycles. The molecule has 2 aromatic rings. The highest BCUT2D eigenvalue weighted by Gasteiger charge is 2.22. The molecule has 0 radical (unpaired) electrons. The van der Waals surface area contributed by atoms with Gasteiger partial charge in [0.05, 0.1) is 19.3 Å². The van der Waals surface area contributed by atoms with E-state index in [1.54, 1.807) is 7.11 Å². The zero-order chi connectivity index (χ0) is 13.9. The van der Waals surface area contributed by atoms with E-state index in [9.17, 15) is 0 Å². The molecule has 0 saturated heterocycles. The van der Waals surface area contributed by atoms with Crippen molar-refractivity contribution in [2.24, 2.45) is 0 Å². The molecule has 0 bridgehead atoms. The van der Waals surface area contributed by atoms with Gasteiger partial charge in [-0.2, -0.15) is 0 Å². The number of benzene rings is 2. The number of halogens is 1. The van der Waals surface area contributed by atoms with Crippen molar-refractivity contribution in [3.8, 4) is 11.5 Å². The number of hydrogen-bond acceptors (Lipinski definition) is 3. The molecule has 1 N–H and O–H groups in total. The quantitative estimate of drug-likeness (QED) is 0.921. The first-order valence-electron chi connectivity index (χ1n) is 6.58. The van der Waals surface area contributed by atoms with Gasteiger partial charge in [-0.3, -0.25) is 0 Å². The molecule has 20 heavy (non-hydrogen) atoms. The van der Waals surface area contributed by atoms with Crippen molar-refractivity contribution in [1.29, 1.82) is 0 Å².